The number of hydrogen-bond acceptors (Lipinski definition) is 0. The minimum atomic E-state index is 1.22. The highest BCUT2D eigenvalue weighted by molar-refractivity contribution is 6.28. The van der Waals surface area contributed by atoms with Crippen molar-refractivity contribution in [1.82, 2.24) is 0 Å². The average Bonchev–Trinajstić information content (AvgIpc) is 0.729. The molecule has 0 radical (unpaired) electrons. The van der Waals surface area contributed by atoms with Crippen molar-refractivity contribution in [2.45, 2.75) is 0 Å². The highest BCUT2D eigenvalue weighted by atomic mass is 14.3. The molecule has 0 saturated heterocycles. The Balaban J connectivity index is 0.000000111. The van der Waals surface area contributed by atoms with Crippen LogP contribution in [-0.2, 0) is 0 Å². The lowest BCUT2D eigenvalue weighted by Gasteiger charge is -2.22. The number of hydrogen-bond donors (Lipinski definition) is 0. The Bertz CT molecular complexity index is 8410. The minimum absolute atomic E-state index is 1.22. The molecule has 0 fully saturated rings. The van der Waals surface area contributed by atoms with Crippen LogP contribution in [0.5, 0.6) is 0 Å². The number of rotatable bonds is 12. The second kappa shape index (κ2) is 34.2. The van der Waals surface area contributed by atoms with Gasteiger partial charge in [0.2, 0.25) is 0 Å². The van der Waals surface area contributed by atoms with Crippen molar-refractivity contribution in [3.8, 4) is 134 Å². The van der Waals surface area contributed by atoms with E-state index in [4.69, 9.17) is 0 Å². The van der Waals surface area contributed by atoms with Gasteiger partial charge in [-0.3, -0.25) is 0 Å². The van der Waals surface area contributed by atoms with Gasteiger partial charge in [0.25, 0.3) is 0 Å². The Labute approximate surface area is 757 Å². The Morgan fingerprint density at radius 3 is 0.746 bits per heavy atom. The summed E-state index contributed by atoms with van der Waals surface area (Å²) in [6.45, 7) is 0. The topological polar surface area (TPSA) is 0 Å². The molecule has 25 aromatic rings. The monoisotopic (exact) mass is 1650 g/mol. The van der Waals surface area contributed by atoms with Crippen molar-refractivity contribution >= 4 is 108 Å². The molecule has 0 amide bonds. The number of fused-ring (bicyclic) bond motifs is 10. The maximum atomic E-state index is 2.36. The van der Waals surface area contributed by atoms with Crippen LogP contribution in [0.15, 0.2) is 522 Å². The van der Waals surface area contributed by atoms with E-state index in [9.17, 15) is 0 Å². The van der Waals surface area contributed by atoms with E-state index in [2.05, 4.69) is 522 Å². The lowest BCUT2D eigenvalue weighted by Crippen LogP contribution is -1.94. The molecule has 0 unspecified atom stereocenters. The van der Waals surface area contributed by atoms with Crippen LogP contribution < -0.4 is 0 Å². The smallest absolute Gasteiger partial charge is 0.00139 e. The molecule has 0 heterocycles. The first-order chi connectivity index (χ1) is 64.5. The zero-order chi connectivity index (χ0) is 86.2. The van der Waals surface area contributed by atoms with Crippen LogP contribution in [0.3, 0.4) is 0 Å². The molecule has 0 N–H and O–H groups in total. The standard InChI is InChI=1S/C46H30.2C42H28/c1-2-14-31(15-3-1)34-19-12-20-35(30-34)44-39-23-8-10-25-41(39)46(42-26-11-9-24-40(42)44)45-37-22-7-5-17-33(37)28-29-43(45)38-27-13-18-32-16-4-6-21-36(32)38;1-3-12-29(13-4-1)31-22-25-33(26-23-31)41-35-17-7-9-19-37(35)42(38-20-10-8-18-36(38)41)39-21-11-16-32-24-27-34(28-40(32)39)30-14-5-2-6-15-30;1-3-12-29(13-4-1)31-22-24-32(25-23-31)41-37-17-7-9-19-39(37)42(40-20-10-8-18-38(40)41)36-21-11-16-34-28-33(26-27-35(34)36)30-14-5-2-6-15-30/h1-30H;2*1-28H. The summed E-state index contributed by atoms with van der Waals surface area (Å²) >= 11 is 0. The summed E-state index contributed by atoms with van der Waals surface area (Å²) in [6.07, 6.45) is 0. The highest BCUT2D eigenvalue weighted by Gasteiger charge is 2.25. The molecule has 25 rings (SSSR count). The van der Waals surface area contributed by atoms with Crippen molar-refractivity contribution in [3.05, 3.63) is 522 Å². The van der Waals surface area contributed by atoms with Crippen LogP contribution in [0.2, 0.25) is 0 Å². The van der Waals surface area contributed by atoms with Crippen LogP contribution in [-0.4, -0.2) is 0 Å². The Morgan fingerprint density at radius 2 is 0.315 bits per heavy atom. The molecule has 25 aromatic carbocycles. The lowest BCUT2D eigenvalue weighted by molar-refractivity contribution is 1.61. The van der Waals surface area contributed by atoms with E-state index in [1.165, 1.54) is 241 Å². The molecular weight excluding hydrogens is 1560 g/mol. The fraction of sp³-hybridized carbons (Fsp3) is 0. The minimum Gasteiger partial charge on any atom is -0.0622 e. The quantitative estimate of drug-likeness (QED) is 0.107. The first-order valence-electron chi connectivity index (χ1n) is 45.0. The van der Waals surface area contributed by atoms with Gasteiger partial charge in [-0.05, 0) is 259 Å². The van der Waals surface area contributed by atoms with Crippen molar-refractivity contribution in [2.75, 3.05) is 0 Å². The fourth-order valence-corrected chi connectivity index (χ4v) is 20.4. The second-order valence-corrected chi connectivity index (χ2v) is 33.8. The largest absolute Gasteiger partial charge is 0.0622 e. The molecule has 606 valence electrons. The fourth-order valence-electron chi connectivity index (χ4n) is 20.4. The van der Waals surface area contributed by atoms with E-state index in [0.29, 0.717) is 0 Å². The van der Waals surface area contributed by atoms with E-state index in [1.807, 2.05) is 0 Å². The predicted molar refractivity (Wildman–Crippen MR) is 560 cm³/mol. The lowest BCUT2D eigenvalue weighted by atomic mass is 9.81. The van der Waals surface area contributed by atoms with Gasteiger partial charge >= 0.3 is 0 Å². The molecule has 0 bridgehead atoms. The maximum absolute atomic E-state index is 2.36. The summed E-state index contributed by atoms with van der Waals surface area (Å²) < 4.78 is 0. The first kappa shape index (κ1) is 77.9. The van der Waals surface area contributed by atoms with Gasteiger partial charge in [0, 0.05) is 0 Å². The van der Waals surface area contributed by atoms with Gasteiger partial charge in [0.1, 0.15) is 0 Å². The summed E-state index contributed by atoms with van der Waals surface area (Å²) in [5.74, 6) is 0. The Morgan fingerprint density at radius 1 is 0.0769 bits per heavy atom. The Kier molecular flexibility index (Phi) is 20.5. The van der Waals surface area contributed by atoms with E-state index >= 15 is 0 Å². The van der Waals surface area contributed by atoms with Gasteiger partial charge in [-0.15, -0.1) is 0 Å². The third kappa shape index (κ3) is 14.4. The predicted octanol–water partition coefficient (Wildman–Crippen LogP) is 36.6. The van der Waals surface area contributed by atoms with Gasteiger partial charge in [0.15, 0.2) is 0 Å². The zero-order valence-electron chi connectivity index (χ0n) is 71.7. The molecule has 130 heavy (non-hydrogen) atoms. The van der Waals surface area contributed by atoms with Crippen molar-refractivity contribution in [2.24, 2.45) is 0 Å². The summed E-state index contributed by atoms with van der Waals surface area (Å²) in [6, 6.07) is 190. The third-order valence-electron chi connectivity index (χ3n) is 26.4. The van der Waals surface area contributed by atoms with Crippen LogP contribution in [0.4, 0.5) is 0 Å². The first-order valence-corrected chi connectivity index (χ1v) is 45.0. The van der Waals surface area contributed by atoms with E-state index in [-0.39, 0.29) is 0 Å². The summed E-state index contributed by atoms with van der Waals surface area (Å²) in [5.41, 5.74) is 30.1. The molecule has 0 aliphatic heterocycles. The van der Waals surface area contributed by atoms with Crippen molar-refractivity contribution in [3.63, 3.8) is 0 Å². The van der Waals surface area contributed by atoms with Crippen LogP contribution in [0, 0.1) is 0 Å². The van der Waals surface area contributed by atoms with Gasteiger partial charge in [-0.2, -0.15) is 0 Å². The molecular formula is C130H86. The van der Waals surface area contributed by atoms with E-state index in [0.717, 1.165) is 0 Å². The van der Waals surface area contributed by atoms with Crippen molar-refractivity contribution in [1.29, 1.82) is 0 Å². The zero-order valence-corrected chi connectivity index (χ0v) is 71.7. The van der Waals surface area contributed by atoms with Crippen molar-refractivity contribution < 1.29 is 0 Å². The van der Waals surface area contributed by atoms with Gasteiger partial charge in [0.05, 0.1) is 0 Å². The summed E-state index contributed by atoms with van der Waals surface area (Å²) in [5, 5.41) is 25.3. The molecule has 0 nitrogen and oxygen atoms in total. The molecule has 0 heteroatoms. The molecule has 0 spiro atoms. The maximum Gasteiger partial charge on any atom is -0.00139 e. The molecule has 0 aromatic heterocycles. The normalized spacial score (nSPS) is 11.4. The molecule has 0 aliphatic carbocycles. The average molecular weight is 1650 g/mol. The van der Waals surface area contributed by atoms with Gasteiger partial charge in [-0.25, -0.2) is 0 Å². The van der Waals surface area contributed by atoms with Crippen LogP contribution in [0.1, 0.15) is 0 Å². The second-order valence-electron chi connectivity index (χ2n) is 33.8. The van der Waals surface area contributed by atoms with Crippen LogP contribution >= 0.6 is 0 Å². The molecule has 0 aliphatic rings. The molecule has 0 atom stereocenters. The summed E-state index contributed by atoms with van der Waals surface area (Å²) in [7, 11) is 0. The highest BCUT2D eigenvalue weighted by Crippen LogP contribution is 2.53. The van der Waals surface area contributed by atoms with E-state index < -0.39 is 0 Å². The van der Waals surface area contributed by atoms with E-state index in [1.54, 1.807) is 0 Å². The van der Waals surface area contributed by atoms with Gasteiger partial charge in [-0.1, -0.05) is 504 Å². The van der Waals surface area contributed by atoms with Gasteiger partial charge < -0.3 is 0 Å². The third-order valence-corrected chi connectivity index (χ3v) is 26.4. The summed E-state index contributed by atoms with van der Waals surface area (Å²) in [4.78, 5) is 0. The Hall–Kier alpha value is -16.9. The number of benzene rings is 25. The molecule has 0 saturated carbocycles. The van der Waals surface area contributed by atoms with Crippen LogP contribution in [0.25, 0.3) is 241 Å². The SMILES string of the molecule is c1ccc(-c2ccc(-c3c4ccccc4c(-c4cccc5cc(-c6ccccc6)ccc45)c4ccccc34)cc2)cc1.c1ccc(-c2ccc(-c3c4ccccc4c(-c4cccc5ccc(-c6ccccc6)cc45)c4ccccc34)cc2)cc1.c1ccc(-c2cccc(-c3c4ccccc4c(-c4c(-c5cccc6ccccc56)ccc5ccccc45)c4ccccc34)c2)cc1.